The first kappa shape index (κ1) is 51.2. The van der Waals surface area contributed by atoms with Gasteiger partial charge in [-0.15, -0.1) is 0 Å². The van der Waals surface area contributed by atoms with E-state index in [2.05, 4.69) is 161 Å². The molecule has 0 aliphatic carbocycles. The fourth-order valence-corrected chi connectivity index (χ4v) is 6.19. The summed E-state index contributed by atoms with van der Waals surface area (Å²) in [5.41, 5.74) is 7.12. The maximum Gasteiger partial charge on any atom is 0.308 e. The van der Waals surface area contributed by atoms with Crippen molar-refractivity contribution in [3.8, 4) is 0 Å². The molecule has 6 nitrogen and oxygen atoms in total. The standard InChI is InChI=1S/C14H21NO2.C13H21NO.C13H21N.C6H14S2/c1-10(2)14(16)17-9-12-5-7-13(8-6-12)15-11(3)4;1-10(2)14-13-7-5-12(6-8-13)9-15-11(3)4;1-10(2)9-12-5-7-13(8-6-12)14-11(3)4;1-5(2)7-8-6(3)4/h5-8,10-11,15H,9H2,1-4H3;5-8,10-11,14H,9H2,1-4H3;5-8,10-11,14H,9H2,1-4H3;5-6H,1-4H3. The molecule has 8 heteroatoms. The van der Waals surface area contributed by atoms with Crippen molar-refractivity contribution >= 4 is 44.6 Å². The molecule has 0 aliphatic rings. The van der Waals surface area contributed by atoms with Gasteiger partial charge < -0.3 is 25.4 Å². The Morgan fingerprint density at radius 3 is 1.11 bits per heavy atom. The predicted octanol–water partition coefficient (Wildman–Crippen LogP) is 13.5. The average molecular weight is 784 g/mol. The van der Waals surface area contributed by atoms with Crippen LogP contribution in [0.3, 0.4) is 0 Å². The van der Waals surface area contributed by atoms with Crippen LogP contribution in [0.2, 0.25) is 0 Å². The Bertz CT molecular complexity index is 1300. The van der Waals surface area contributed by atoms with Gasteiger partial charge in [0, 0.05) is 45.7 Å². The molecule has 0 spiro atoms. The van der Waals surface area contributed by atoms with Gasteiger partial charge in [-0.25, -0.2) is 0 Å². The average Bonchev–Trinajstić information content (AvgIpc) is 3.07. The molecule has 0 atom stereocenters. The summed E-state index contributed by atoms with van der Waals surface area (Å²) in [5, 5.41) is 11.6. The van der Waals surface area contributed by atoms with E-state index in [1.54, 1.807) is 0 Å². The van der Waals surface area contributed by atoms with Crippen LogP contribution in [0.25, 0.3) is 0 Å². The minimum Gasteiger partial charge on any atom is -0.461 e. The zero-order chi connectivity index (χ0) is 41.2. The summed E-state index contributed by atoms with van der Waals surface area (Å²) >= 11 is 0. The molecule has 306 valence electrons. The number of carbonyl (C=O) groups excluding carboxylic acids is 1. The molecule has 0 fully saturated rings. The molecule has 3 N–H and O–H groups in total. The van der Waals surface area contributed by atoms with Gasteiger partial charge in [0.15, 0.2) is 0 Å². The van der Waals surface area contributed by atoms with E-state index >= 15 is 0 Å². The van der Waals surface area contributed by atoms with Gasteiger partial charge >= 0.3 is 5.97 Å². The largest absolute Gasteiger partial charge is 0.461 e. The smallest absolute Gasteiger partial charge is 0.308 e. The van der Waals surface area contributed by atoms with E-state index in [4.69, 9.17) is 9.47 Å². The molecule has 0 saturated heterocycles. The third-order valence-electron chi connectivity index (χ3n) is 6.75. The lowest BCUT2D eigenvalue weighted by molar-refractivity contribution is -0.148. The third-order valence-corrected chi connectivity index (χ3v) is 10.3. The van der Waals surface area contributed by atoms with Gasteiger partial charge in [0.2, 0.25) is 0 Å². The van der Waals surface area contributed by atoms with Crippen molar-refractivity contribution in [3.63, 3.8) is 0 Å². The number of nitrogens with one attached hydrogen (secondary N) is 3. The van der Waals surface area contributed by atoms with Crippen molar-refractivity contribution in [3.05, 3.63) is 89.5 Å². The van der Waals surface area contributed by atoms with Gasteiger partial charge in [0.25, 0.3) is 0 Å². The van der Waals surface area contributed by atoms with E-state index in [0.29, 0.717) is 37.4 Å². The number of rotatable bonds is 17. The molecular weight excluding hydrogens is 707 g/mol. The lowest BCUT2D eigenvalue weighted by Gasteiger charge is -2.11. The predicted molar refractivity (Wildman–Crippen MR) is 244 cm³/mol. The van der Waals surface area contributed by atoms with E-state index in [0.717, 1.165) is 27.7 Å². The lowest BCUT2D eigenvalue weighted by Crippen LogP contribution is -2.11. The molecule has 3 rings (SSSR count). The Morgan fingerprint density at radius 2 is 0.833 bits per heavy atom. The first-order chi connectivity index (χ1) is 25.3. The van der Waals surface area contributed by atoms with Crippen molar-refractivity contribution in [2.75, 3.05) is 16.0 Å². The summed E-state index contributed by atoms with van der Waals surface area (Å²) in [4.78, 5) is 11.3. The topological polar surface area (TPSA) is 71.6 Å². The van der Waals surface area contributed by atoms with Crippen LogP contribution in [0.5, 0.6) is 0 Å². The van der Waals surface area contributed by atoms with Crippen molar-refractivity contribution in [1.29, 1.82) is 0 Å². The van der Waals surface area contributed by atoms with Crippen LogP contribution in [-0.4, -0.2) is 40.7 Å². The Kier molecular flexibility index (Phi) is 27.9. The van der Waals surface area contributed by atoms with Crippen molar-refractivity contribution in [1.82, 2.24) is 0 Å². The van der Waals surface area contributed by atoms with E-state index in [1.165, 1.54) is 28.9 Å². The van der Waals surface area contributed by atoms with Crippen LogP contribution in [0.1, 0.15) is 127 Å². The highest BCUT2D eigenvalue weighted by molar-refractivity contribution is 8.77. The van der Waals surface area contributed by atoms with E-state index in [-0.39, 0.29) is 11.9 Å². The first-order valence-electron chi connectivity index (χ1n) is 19.9. The molecule has 0 amide bonds. The number of anilines is 3. The SMILES string of the molecule is CC(C)Cc1ccc(NC(C)C)cc1.CC(C)Nc1ccc(COC(=O)C(C)C)cc1.CC(C)Nc1ccc(COC(C)C)cc1.CC(C)SSC(C)C. The number of hydrogen-bond donors (Lipinski definition) is 3. The Morgan fingerprint density at radius 1 is 0.500 bits per heavy atom. The fourth-order valence-electron chi connectivity index (χ4n) is 4.41. The summed E-state index contributed by atoms with van der Waals surface area (Å²) in [7, 11) is 3.91. The zero-order valence-electron chi connectivity index (χ0n) is 36.7. The number of hydrogen-bond acceptors (Lipinski definition) is 8. The van der Waals surface area contributed by atoms with Crippen LogP contribution in [-0.2, 0) is 33.9 Å². The highest BCUT2D eigenvalue weighted by atomic mass is 33.1. The van der Waals surface area contributed by atoms with Gasteiger partial charge in [0.1, 0.15) is 6.61 Å². The Balaban J connectivity index is 0.000000714. The molecule has 0 saturated carbocycles. The maximum absolute atomic E-state index is 11.3. The fraction of sp³-hybridized carbons (Fsp3) is 0.587. The molecule has 3 aromatic rings. The number of esters is 1. The van der Waals surface area contributed by atoms with Crippen LogP contribution >= 0.6 is 21.6 Å². The van der Waals surface area contributed by atoms with Crippen LogP contribution in [0.4, 0.5) is 17.1 Å². The molecule has 0 radical (unpaired) electrons. The van der Waals surface area contributed by atoms with Crippen LogP contribution in [0, 0.1) is 11.8 Å². The first-order valence-corrected chi connectivity index (χ1v) is 22.2. The van der Waals surface area contributed by atoms with Gasteiger partial charge in [-0.1, -0.05) is 113 Å². The van der Waals surface area contributed by atoms with Gasteiger partial charge in [0.05, 0.1) is 18.6 Å². The number of ether oxygens (including phenoxy) is 2. The summed E-state index contributed by atoms with van der Waals surface area (Å²) in [6.07, 6.45) is 1.46. The summed E-state index contributed by atoms with van der Waals surface area (Å²) in [6.45, 7) is 35.0. The second kappa shape index (κ2) is 29.5. The lowest BCUT2D eigenvalue weighted by atomic mass is 10.0. The van der Waals surface area contributed by atoms with Gasteiger partial charge in [-0.05, 0) is 121 Å². The van der Waals surface area contributed by atoms with Crippen molar-refractivity contribution in [2.24, 2.45) is 11.8 Å². The monoisotopic (exact) mass is 784 g/mol. The molecule has 0 aliphatic heterocycles. The Hall–Kier alpha value is -2.81. The number of carbonyl (C=O) groups is 1. The van der Waals surface area contributed by atoms with Gasteiger partial charge in [-0.2, -0.15) is 0 Å². The molecule has 0 heterocycles. The summed E-state index contributed by atoms with van der Waals surface area (Å²) in [5.74, 6) is 0.505. The van der Waals surface area contributed by atoms with Crippen molar-refractivity contribution < 1.29 is 14.3 Å². The normalized spacial score (nSPS) is 11.0. The molecule has 3 aromatic carbocycles. The van der Waals surface area contributed by atoms with E-state index < -0.39 is 0 Å². The minimum atomic E-state index is -0.158. The molecule has 0 unspecified atom stereocenters. The van der Waals surface area contributed by atoms with Crippen LogP contribution < -0.4 is 16.0 Å². The summed E-state index contributed by atoms with van der Waals surface area (Å²) < 4.78 is 10.7. The molecule has 0 bridgehead atoms. The quantitative estimate of drug-likeness (QED) is 0.0923. The van der Waals surface area contributed by atoms with E-state index in [1.807, 2.05) is 59.7 Å². The summed E-state index contributed by atoms with van der Waals surface area (Å²) in [6, 6.07) is 26.5. The molecule has 54 heavy (non-hydrogen) atoms. The number of benzene rings is 3. The molecule has 0 aromatic heterocycles. The van der Waals surface area contributed by atoms with Crippen molar-refractivity contribution in [2.45, 2.75) is 165 Å². The second-order valence-electron chi connectivity index (χ2n) is 16.0. The Labute approximate surface area is 339 Å². The zero-order valence-corrected chi connectivity index (χ0v) is 38.3. The minimum absolute atomic E-state index is 0.0723. The maximum atomic E-state index is 11.3. The highest BCUT2D eigenvalue weighted by Crippen LogP contribution is 2.29. The highest BCUT2D eigenvalue weighted by Gasteiger charge is 2.08. The second-order valence-corrected chi connectivity index (χ2v) is 19.4. The van der Waals surface area contributed by atoms with Gasteiger partial charge in [-0.3, -0.25) is 4.79 Å². The van der Waals surface area contributed by atoms with Crippen LogP contribution in [0.15, 0.2) is 72.8 Å². The third kappa shape index (κ3) is 29.5. The van der Waals surface area contributed by atoms with E-state index in [9.17, 15) is 4.79 Å². The molecular formula is C46H77N3O3S2.